The number of rotatable bonds is 4. The van der Waals surface area contributed by atoms with Gasteiger partial charge in [0.15, 0.2) is 0 Å². The zero-order chi connectivity index (χ0) is 9.56. The van der Waals surface area contributed by atoms with Crippen molar-refractivity contribution in [2.45, 2.75) is 20.3 Å². The molecular weight excluding hydrogens is 160 g/mol. The molecule has 0 aliphatic heterocycles. The Morgan fingerprint density at radius 2 is 2.00 bits per heavy atom. The molecule has 1 atom stereocenters. The molecule has 0 aliphatic rings. The van der Waals surface area contributed by atoms with Crippen molar-refractivity contribution in [2.24, 2.45) is 5.92 Å². The van der Waals surface area contributed by atoms with Crippen LogP contribution in [0.15, 0.2) is 0 Å². The first kappa shape index (κ1) is 10.9. The molecule has 0 saturated carbocycles. The zero-order valence-electron chi connectivity index (χ0n) is 7.62. The Kier molecular flexibility index (Phi) is 5.08. The molecule has 0 aromatic heterocycles. The van der Waals surface area contributed by atoms with E-state index in [4.69, 9.17) is 4.74 Å². The van der Waals surface area contributed by atoms with E-state index in [1.54, 1.807) is 13.8 Å². The summed E-state index contributed by atoms with van der Waals surface area (Å²) in [5, 5.41) is 0. The van der Waals surface area contributed by atoms with Crippen molar-refractivity contribution in [1.82, 2.24) is 0 Å². The minimum atomic E-state index is -0.419. The maximum absolute atomic E-state index is 11.0. The predicted octanol–water partition coefficient (Wildman–Crippen LogP) is 0.749. The number of esters is 2. The summed E-state index contributed by atoms with van der Waals surface area (Å²) in [6.07, 6.45) is 0.0787. The maximum Gasteiger partial charge on any atom is 0.309 e. The van der Waals surface area contributed by atoms with E-state index >= 15 is 0 Å². The second-order valence-electron chi connectivity index (χ2n) is 2.43. The third-order valence-electron chi connectivity index (χ3n) is 1.39. The third kappa shape index (κ3) is 3.95. The Morgan fingerprint density at radius 1 is 1.42 bits per heavy atom. The van der Waals surface area contributed by atoms with E-state index in [-0.39, 0.29) is 12.4 Å². The van der Waals surface area contributed by atoms with Crippen LogP contribution in [0.3, 0.4) is 0 Å². The largest absolute Gasteiger partial charge is 0.469 e. The number of ether oxygens (including phenoxy) is 2. The van der Waals surface area contributed by atoms with Gasteiger partial charge in [0.05, 0.1) is 26.1 Å². The zero-order valence-corrected chi connectivity index (χ0v) is 7.62. The predicted molar refractivity (Wildman–Crippen MR) is 42.4 cm³/mol. The minimum absolute atomic E-state index is 0.0787. The van der Waals surface area contributed by atoms with Crippen molar-refractivity contribution in [2.75, 3.05) is 13.7 Å². The molecule has 4 nitrogen and oxygen atoms in total. The maximum atomic E-state index is 11.0. The van der Waals surface area contributed by atoms with Crippen LogP contribution in [0.2, 0.25) is 0 Å². The molecule has 0 rings (SSSR count). The Bertz CT molecular complexity index is 164. The van der Waals surface area contributed by atoms with E-state index in [0.29, 0.717) is 6.61 Å². The highest BCUT2D eigenvalue weighted by atomic mass is 16.5. The van der Waals surface area contributed by atoms with Gasteiger partial charge < -0.3 is 9.47 Å². The molecule has 0 saturated heterocycles. The molecule has 0 N–H and O–H groups in total. The van der Waals surface area contributed by atoms with E-state index in [2.05, 4.69) is 4.74 Å². The van der Waals surface area contributed by atoms with Crippen LogP contribution in [0.1, 0.15) is 20.3 Å². The summed E-state index contributed by atoms with van der Waals surface area (Å²) < 4.78 is 9.10. The summed E-state index contributed by atoms with van der Waals surface area (Å²) in [5.41, 5.74) is 0. The average molecular weight is 174 g/mol. The lowest BCUT2D eigenvalue weighted by molar-refractivity contribution is -0.153. The second kappa shape index (κ2) is 5.57. The first-order valence-corrected chi connectivity index (χ1v) is 3.85. The van der Waals surface area contributed by atoms with Crippen molar-refractivity contribution in [3.8, 4) is 0 Å². The fourth-order valence-electron chi connectivity index (χ4n) is 0.701. The number of hydrogen-bond acceptors (Lipinski definition) is 4. The van der Waals surface area contributed by atoms with Crippen LogP contribution in [0, 0.1) is 5.92 Å². The van der Waals surface area contributed by atoms with Crippen LogP contribution in [-0.4, -0.2) is 25.7 Å². The van der Waals surface area contributed by atoms with E-state index in [0.717, 1.165) is 0 Å². The third-order valence-corrected chi connectivity index (χ3v) is 1.39. The fourth-order valence-corrected chi connectivity index (χ4v) is 0.701. The molecule has 0 heterocycles. The summed E-state index contributed by atoms with van der Waals surface area (Å²) in [5.74, 6) is -1.17. The highest BCUT2D eigenvalue weighted by molar-refractivity contribution is 5.79. The Hall–Kier alpha value is -1.06. The van der Waals surface area contributed by atoms with Gasteiger partial charge in [-0.1, -0.05) is 6.92 Å². The van der Waals surface area contributed by atoms with Gasteiger partial charge in [-0.25, -0.2) is 0 Å². The Balaban J connectivity index is 3.78. The summed E-state index contributed by atoms with van der Waals surface area (Å²) in [6, 6.07) is 0. The van der Waals surface area contributed by atoms with E-state index < -0.39 is 11.9 Å². The van der Waals surface area contributed by atoms with Crippen LogP contribution >= 0.6 is 0 Å². The van der Waals surface area contributed by atoms with Crippen LogP contribution < -0.4 is 0 Å². The van der Waals surface area contributed by atoms with E-state index in [1.165, 1.54) is 7.11 Å². The molecule has 70 valence electrons. The molecule has 0 fully saturated rings. The highest BCUT2D eigenvalue weighted by Crippen LogP contribution is 2.05. The lowest BCUT2D eigenvalue weighted by Crippen LogP contribution is -2.18. The van der Waals surface area contributed by atoms with Crippen molar-refractivity contribution in [3.63, 3.8) is 0 Å². The molecule has 4 heteroatoms. The van der Waals surface area contributed by atoms with Gasteiger partial charge in [-0.3, -0.25) is 9.59 Å². The van der Waals surface area contributed by atoms with Gasteiger partial charge in [0.1, 0.15) is 0 Å². The van der Waals surface area contributed by atoms with Crippen molar-refractivity contribution >= 4 is 11.9 Å². The average Bonchev–Trinajstić information content (AvgIpc) is 2.04. The van der Waals surface area contributed by atoms with Crippen LogP contribution in [0.25, 0.3) is 0 Å². The van der Waals surface area contributed by atoms with Crippen LogP contribution in [-0.2, 0) is 19.1 Å². The quantitative estimate of drug-likeness (QED) is 0.590. The number of carbonyl (C=O) groups excluding carboxylic acids is 2. The van der Waals surface area contributed by atoms with Gasteiger partial charge in [-0.05, 0) is 6.92 Å². The fraction of sp³-hybridized carbons (Fsp3) is 0.750. The lowest BCUT2D eigenvalue weighted by Gasteiger charge is -2.07. The number of hydrogen-bond donors (Lipinski definition) is 0. The van der Waals surface area contributed by atoms with Gasteiger partial charge in [0, 0.05) is 0 Å². The molecular formula is C8H14O4. The molecule has 1 unspecified atom stereocenters. The van der Waals surface area contributed by atoms with Gasteiger partial charge in [0.25, 0.3) is 0 Å². The van der Waals surface area contributed by atoms with Crippen molar-refractivity contribution < 1.29 is 19.1 Å². The SMILES string of the molecule is CCOC(=O)C(C)CC(=O)OC. The van der Waals surface area contributed by atoms with Gasteiger partial charge in [-0.2, -0.15) is 0 Å². The summed E-state index contributed by atoms with van der Waals surface area (Å²) in [6.45, 7) is 3.70. The van der Waals surface area contributed by atoms with Crippen LogP contribution in [0.4, 0.5) is 0 Å². The summed E-state index contributed by atoms with van der Waals surface area (Å²) >= 11 is 0. The standard InChI is InChI=1S/C8H14O4/c1-4-12-8(10)6(2)5-7(9)11-3/h6H,4-5H2,1-3H3. The number of carbonyl (C=O) groups is 2. The monoisotopic (exact) mass is 174 g/mol. The molecule has 0 aliphatic carbocycles. The van der Waals surface area contributed by atoms with Gasteiger partial charge in [0.2, 0.25) is 0 Å². The molecule has 12 heavy (non-hydrogen) atoms. The topological polar surface area (TPSA) is 52.6 Å². The number of methoxy groups -OCH3 is 1. The molecule has 0 aromatic carbocycles. The van der Waals surface area contributed by atoms with Gasteiger partial charge >= 0.3 is 11.9 Å². The van der Waals surface area contributed by atoms with Crippen LogP contribution in [0.5, 0.6) is 0 Å². The molecule has 0 spiro atoms. The molecule has 0 amide bonds. The van der Waals surface area contributed by atoms with Gasteiger partial charge in [-0.15, -0.1) is 0 Å². The first-order chi connectivity index (χ1) is 5.61. The summed E-state index contributed by atoms with van der Waals surface area (Å²) in [4.78, 5) is 21.7. The minimum Gasteiger partial charge on any atom is -0.469 e. The molecule has 0 bridgehead atoms. The lowest BCUT2D eigenvalue weighted by atomic mass is 10.1. The summed E-state index contributed by atoms with van der Waals surface area (Å²) in [7, 11) is 1.29. The Morgan fingerprint density at radius 3 is 2.42 bits per heavy atom. The smallest absolute Gasteiger partial charge is 0.309 e. The highest BCUT2D eigenvalue weighted by Gasteiger charge is 2.17. The van der Waals surface area contributed by atoms with Crippen molar-refractivity contribution in [3.05, 3.63) is 0 Å². The first-order valence-electron chi connectivity index (χ1n) is 3.85. The normalized spacial score (nSPS) is 11.9. The molecule has 0 aromatic rings. The Labute approximate surface area is 71.8 Å². The van der Waals surface area contributed by atoms with E-state index in [1.807, 2.05) is 0 Å². The molecule has 0 radical (unpaired) electrons. The van der Waals surface area contributed by atoms with E-state index in [9.17, 15) is 9.59 Å². The van der Waals surface area contributed by atoms with Crippen molar-refractivity contribution in [1.29, 1.82) is 0 Å². The second-order valence-corrected chi connectivity index (χ2v) is 2.43.